The summed E-state index contributed by atoms with van der Waals surface area (Å²) in [5.41, 5.74) is 4.87. The number of amides is 1. The lowest BCUT2D eigenvalue weighted by Gasteiger charge is -2.26. The van der Waals surface area contributed by atoms with Crippen molar-refractivity contribution >= 4 is 22.5 Å². The van der Waals surface area contributed by atoms with E-state index < -0.39 is 11.0 Å². The van der Waals surface area contributed by atoms with E-state index in [-0.39, 0.29) is 11.6 Å². The van der Waals surface area contributed by atoms with E-state index in [1.165, 1.54) is 12.1 Å². The maximum atomic E-state index is 13.1. The first kappa shape index (κ1) is 18.1. The van der Waals surface area contributed by atoms with Gasteiger partial charge in [0.2, 0.25) is 0 Å². The van der Waals surface area contributed by atoms with Crippen molar-refractivity contribution in [2.45, 2.75) is 19.4 Å². The summed E-state index contributed by atoms with van der Waals surface area (Å²) in [5.74, 6) is -0.161. The number of nitrogens with one attached hydrogen (secondary N) is 2. The maximum absolute atomic E-state index is 13.1. The average Bonchev–Trinajstić information content (AvgIpc) is 3.41. The molecule has 2 aromatic heterocycles. The smallest absolute Gasteiger partial charge is 0.275 e. The Balaban J connectivity index is 1.52. The second-order valence-corrected chi connectivity index (χ2v) is 7.47. The predicted octanol–water partition coefficient (Wildman–Crippen LogP) is 3.90. The van der Waals surface area contributed by atoms with Crippen LogP contribution in [0, 0.1) is 17.0 Å². The molecule has 5 rings (SSSR count). The monoisotopic (exact) mass is 401 g/mol. The van der Waals surface area contributed by atoms with Gasteiger partial charge in [-0.25, -0.2) is 0 Å². The Labute approximate surface area is 171 Å². The van der Waals surface area contributed by atoms with Crippen LogP contribution in [0.5, 0.6) is 0 Å². The van der Waals surface area contributed by atoms with Gasteiger partial charge in [-0.15, -0.1) is 0 Å². The Bertz CT molecular complexity index is 1290. The molecule has 0 fully saturated rings. The van der Waals surface area contributed by atoms with Crippen LogP contribution in [0.2, 0.25) is 0 Å². The number of aryl methyl sites for hydroxylation is 1. The van der Waals surface area contributed by atoms with Gasteiger partial charge in [-0.2, -0.15) is 5.10 Å². The average molecular weight is 401 g/mol. The summed E-state index contributed by atoms with van der Waals surface area (Å²) in [5, 5.41) is 19.5. The molecule has 3 heterocycles. The van der Waals surface area contributed by atoms with Crippen LogP contribution in [0.3, 0.4) is 0 Å². The topological polar surface area (TPSA) is 108 Å². The first-order valence-electron chi connectivity index (χ1n) is 9.70. The number of fused-ring (bicyclic) bond motifs is 2. The minimum absolute atomic E-state index is 0.00567. The van der Waals surface area contributed by atoms with Gasteiger partial charge in [0.15, 0.2) is 5.69 Å². The molecule has 0 saturated carbocycles. The van der Waals surface area contributed by atoms with E-state index in [2.05, 4.69) is 21.2 Å². The van der Waals surface area contributed by atoms with E-state index in [0.717, 1.165) is 27.7 Å². The van der Waals surface area contributed by atoms with Gasteiger partial charge >= 0.3 is 0 Å². The molecule has 2 N–H and O–H groups in total. The number of H-pyrrole nitrogens is 2. The second-order valence-electron chi connectivity index (χ2n) is 7.47. The molecule has 0 spiro atoms. The van der Waals surface area contributed by atoms with Crippen molar-refractivity contribution in [3.05, 3.63) is 92.9 Å². The summed E-state index contributed by atoms with van der Waals surface area (Å²) in [6.45, 7) is 2.34. The number of hydrogen-bond donors (Lipinski definition) is 2. The fourth-order valence-electron chi connectivity index (χ4n) is 4.31. The normalized spacial score (nSPS) is 15.7. The lowest BCUT2D eigenvalue weighted by molar-refractivity contribution is -0.384. The molecule has 0 radical (unpaired) electrons. The third-order valence-corrected chi connectivity index (χ3v) is 5.74. The van der Waals surface area contributed by atoms with Crippen molar-refractivity contribution in [3.8, 4) is 0 Å². The molecule has 1 amide bonds. The van der Waals surface area contributed by atoms with E-state index in [4.69, 9.17) is 0 Å². The molecule has 1 atom stereocenters. The van der Waals surface area contributed by atoms with Crippen molar-refractivity contribution in [1.82, 2.24) is 20.1 Å². The Morgan fingerprint density at radius 1 is 1.20 bits per heavy atom. The Hall–Kier alpha value is -3.94. The number of nitro groups is 1. The van der Waals surface area contributed by atoms with Crippen molar-refractivity contribution in [2.75, 3.05) is 6.54 Å². The molecule has 1 aliphatic rings. The highest BCUT2D eigenvalue weighted by atomic mass is 16.6. The van der Waals surface area contributed by atoms with Gasteiger partial charge < -0.3 is 9.88 Å². The molecule has 30 heavy (non-hydrogen) atoms. The van der Waals surface area contributed by atoms with Gasteiger partial charge in [-0.05, 0) is 30.5 Å². The highest BCUT2D eigenvalue weighted by Crippen LogP contribution is 2.40. The van der Waals surface area contributed by atoms with Gasteiger partial charge in [-0.1, -0.05) is 30.3 Å². The molecule has 0 bridgehead atoms. The van der Waals surface area contributed by atoms with Crippen LogP contribution in [0.1, 0.15) is 38.9 Å². The molecule has 1 aliphatic heterocycles. The fourth-order valence-corrected chi connectivity index (χ4v) is 4.31. The van der Waals surface area contributed by atoms with E-state index >= 15 is 0 Å². The minimum Gasteiger partial charge on any atom is -0.361 e. The largest absolute Gasteiger partial charge is 0.361 e. The molecular formula is C22H19N5O3. The van der Waals surface area contributed by atoms with Gasteiger partial charge in [0.1, 0.15) is 0 Å². The third kappa shape index (κ3) is 2.76. The quantitative estimate of drug-likeness (QED) is 0.391. The second kappa shape index (κ2) is 6.84. The number of benzene rings is 2. The molecular weight excluding hydrogens is 382 g/mol. The fraction of sp³-hybridized carbons (Fsp3) is 0.182. The number of nitro benzene ring substituents is 1. The molecule has 150 valence electrons. The molecule has 2 aromatic carbocycles. The first-order chi connectivity index (χ1) is 14.5. The Kier molecular flexibility index (Phi) is 4.13. The zero-order valence-electron chi connectivity index (χ0n) is 16.3. The van der Waals surface area contributed by atoms with Crippen molar-refractivity contribution < 1.29 is 9.72 Å². The SMILES string of the molecule is Cc1[nH]nc2c1C(c1cccc([N+](=O)[O-])c1)N(CCc1c[nH]c3ccccc13)C2=O. The van der Waals surface area contributed by atoms with Crippen molar-refractivity contribution in [3.63, 3.8) is 0 Å². The molecule has 8 heteroatoms. The molecule has 0 aliphatic carbocycles. The summed E-state index contributed by atoms with van der Waals surface area (Å²) >= 11 is 0. The van der Waals surface area contributed by atoms with Gasteiger partial charge in [0.05, 0.1) is 11.0 Å². The van der Waals surface area contributed by atoms with Gasteiger partial charge in [0.25, 0.3) is 11.6 Å². The number of para-hydroxylation sites is 1. The zero-order valence-corrected chi connectivity index (χ0v) is 16.3. The van der Waals surface area contributed by atoms with Crippen LogP contribution in [0.15, 0.2) is 54.7 Å². The lowest BCUT2D eigenvalue weighted by Crippen LogP contribution is -2.31. The molecule has 8 nitrogen and oxygen atoms in total. The number of carbonyl (C=O) groups is 1. The first-order valence-corrected chi connectivity index (χ1v) is 9.70. The number of nitrogens with zero attached hydrogens (tertiary/aromatic N) is 3. The Morgan fingerprint density at radius 3 is 2.87 bits per heavy atom. The van der Waals surface area contributed by atoms with E-state index in [0.29, 0.717) is 24.2 Å². The Morgan fingerprint density at radius 2 is 2.03 bits per heavy atom. The lowest BCUT2D eigenvalue weighted by atomic mass is 9.98. The van der Waals surface area contributed by atoms with Crippen LogP contribution in [0.25, 0.3) is 10.9 Å². The maximum Gasteiger partial charge on any atom is 0.275 e. The number of hydrogen-bond acceptors (Lipinski definition) is 4. The van der Waals surface area contributed by atoms with Gasteiger partial charge in [-0.3, -0.25) is 20.0 Å². The minimum atomic E-state index is -0.417. The third-order valence-electron chi connectivity index (χ3n) is 5.74. The number of aromatic amines is 2. The van der Waals surface area contributed by atoms with E-state index in [1.54, 1.807) is 11.0 Å². The van der Waals surface area contributed by atoms with Crippen molar-refractivity contribution in [2.24, 2.45) is 0 Å². The van der Waals surface area contributed by atoms with Crippen LogP contribution in [-0.2, 0) is 6.42 Å². The zero-order chi connectivity index (χ0) is 20.8. The van der Waals surface area contributed by atoms with Crippen LogP contribution < -0.4 is 0 Å². The summed E-state index contributed by atoms with van der Waals surface area (Å²) in [7, 11) is 0. The molecule has 1 unspecified atom stereocenters. The van der Waals surface area contributed by atoms with Crippen LogP contribution in [0.4, 0.5) is 5.69 Å². The van der Waals surface area contributed by atoms with Crippen molar-refractivity contribution in [1.29, 1.82) is 0 Å². The number of carbonyl (C=O) groups excluding carboxylic acids is 1. The summed E-state index contributed by atoms with van der Waals surface area (Å²) in [6, 6.07) is 14.1. The summed E-state index contributed by atoms with van der Waals surface area (Å²) in [6.07, 6.45) is 2.63. The van der Waals surface area contributed by atoms with E-state index in [9.17, 15) is 14.9 Å². The van der Waals surface area contributed by atoms with E-state index in [1.807, 2.05) is 37.4 Å². The van der Waals surface area contributed by atoms with Crippen LogP contribution >= 0.6 is 0 Å². The predicted molar refractivity (Wildman–Crippen MR) is 111 cm³/mol. The summed E-state index contributed by atoms with van der Waals surface area (Å²) < 4.78 is 0. The van der Waals surface area contributed by atoms with Gasteiger partial charge in [0, 0.05) is 47.0 Å². The number of rotatable bonds is 5. The highest BCUT2D eigenvalue weighted by Gasteiger charge is 2.41. The number of aromatic nitrogens is 3. The molecule has 0 saturated heterocycles. The standard InChI is InChI=1S/C22H19N5O3/c1-13-19-20(25-24-13)22(28)26(21(19)14-5-4-6-16(11-14)27(29)30)10-9-15-12-23-18-8-3-2-7-17(15)18/h2-8,11-12,21,23H,9-10H2,1H3,(H,24,25). The molecule has 4 aromatic rings. The number of non-ortho nitro benzene ring substituents is 1. The van der Waals surface area contributed by atoms with Crippen LogP contribution in [-0.4, -0.2) is 37.5 Å². The highest BCUT2D eigenvalue weighted by molar-refractivity contribution is 5.98. The summed E-state index contributed by atoms with van der Waals surface area (Å²) in [4.78, 5) is 29.0.